The molecule has 0 bridgehead atoms. The number of carbonyl (C=O) groups excluding carboxylic acids is 1. The maximum atomic E-state index is 12.2. The molecule has 0 saturated carbocycles. The number of nitrogens with one attached hydrogen (secondary N) is 1. The van der Waals surface area contributed by atoms with Gasteiger partial charge in [0.2, 0.25) is 0 Å². The number of nitrogen functional groups attached to an aromatic ring is 1. The molecule has 1 aliphatic rings. The maximum Gasteiger partial charge on any atom is 0.351 e. The van der Waals surface area contributed by atoms with Crippen molar-refractivity contribution in [3.05, 3.63) is 65.2 Å². The average Bonchev–Trinajstić information content (AvgIpc) is 3.20. The number of rotatable bonds is 10. The van der Waals surface area contributed by atoms with Gasteiger partial charge >= 0.3 is 20.2 Å². The zero-order valence-electron chi connectivity index (χ0n) is 19.9. The second kappa shape index (κ2) is 11.8. The molecule has 1 fully saturated rings. The molecule has 4 unspecified atom stereocenters. The van der Waals surface area contributed by atoms with Gasteiger partial charge in [-0.1, -0.05) is 36.4 Å². The summed E-state index contributed by atoms with van der Waals surface area (Å²) in [5.74, 6) is 0.234. The highest BCUT2D eigenvalue weighted by molar-refractivity contribution is 7.45. The lowest BCUT2D eigenvalue weighted by Crippen LogP contribution is -2.30. The number of hydrogen-bond donors (Lipinski definition) is 3. The van der Waals surface area contributed by atoms with E-state index in [1.54, 1.807) is 13.8 Å². The fraction of sp³-hybridized carbons (Fsp3) is 0.375. The Hall–Kier alpha value is -3.08. The van der Waals surface area contributed by atoms with Crippen LogP contribution >= 0.6 is 8.53 Å². The molecule has 36 heavy (non-hydrogen) atoms. The fourth-order valence-corrected chi connectivity index (χ4v) is 4.81. The lowest BCUT2D eigenvalue weighted by atomic mass is 10.1. The van der Waals surface area contributed by atoms with E-state index in [0.29, 0.717) is 5.75 Å². The predicted octanol–water partition coefficient (Wildman–Crippen LogP) is 2.49. The number of nitrogens with zero attached hydrogens (tertiary/aromatic N) is 2. The summed E-state index contributed by atoms with van der Waals surface area (Å²) in [5.41, 5.74) is 4.98. The van der Waals surface area contributed by atoms with E-state index in [4.69, 9.17) is 24.3 Å². The van der Waals surface area contributed by atoms with Crippen molar-refractivity contribution in [2.75, 3.05) is 18.9 Å². The molecule has 4 atom stereocenters. The number of nitrogens with two attached hydrogens (primary N) is 1. The molecule has 1 saturated heterocycles. The van der Waals surface area contributed by atoms with E-state index < -0.39 is 38.6 Å². The van der Waals surface area contributed by atoms with Crippen LogP contribution < -0.4 is 21.0 Å². The second-order valence-electron chi connectivity index (χ2n) is 8.47. The van der Waals surface area contributed by atoms with Crippen LogP contribution in [0.5, 0.6) is 5.75 Å². The van der Waals surface area contributed by atoms with Crippen LogP contribution in [0.25, 0.3) is 10.8 Å². The topological polar surface area (TPSA) is 147 Å². The highest BCUT2D eigenvalue weighted by Gasteiger charge is 2.36. The zero-order chi connectivity index (χ0) is 25.7. The first-order valence-corrected chi connectivity index (χ1v) is 12.7. The van der Waals surface area contributed by atoms with Crippen molar-refractivity contribution in [2.24, 2.45) is 0 Å². The molecule has 0 aliphatic carbocycles. The number of aliphatic hydroxyl groups is 1. The normalized spacial score (nSPS) is 20.5. The summed E-state index contributed by atoms with van der Waals surface area (Å²) in [7, 11) is -1.82. The second-order valence-corrected chi connectivity index (χ2v) is 9.74. The highest BCUT2D eigenvalue weighted by Crippen LogP contribution is 2.40. The number of carbonyl (C=O) groups is 1. The molecule has 0 amide bonds. The number of ether oxygens (including phenoxy) is 2. The summed E-state index contributed by atoms with van der Waals surface area (Å²) in [6.07, 6.45) is -0.937. The van der Waals surface area contributed by atoms with Gasteiger partial charge in [0.05, 0.1) is 18.8 Å². The Balaban J connectivity index is 1.44. The highest BCUT2D eigenvalue weighted by atomic mass is 31.2. The first-order valence-electron chi connectivity index (χ1n) is 11.5. The molecule has 1 aliphatic heterocycles. The molecular weight excluding hydrogens is 487 g/mol. The van der Waals surface area contributed by atoms with E-state index in [1.807, 2.05) is 42.5 Å². The van der Waals surface area contributed by atoms with Gasteiger partial charge in [-0.2, -0.15) is 4.98 Å². The van der Waals surface area contributed by atoms with Crippen LogP contribution in [0.15, 0.2) is 59.5 Å². The van der Waals surface area contributed by atoms with Crippen LogP contribution in [-0.4, -0.2) is 52.1 Å². The largest absolute Gasteiger partial charge is 0.462 e. The molecule has 2 heterocycles. The smallest absolute Gasteiger partial charge is 0.351 e. The van der Waals surface area contributed by atoms with Crippen molar-refractivity contribution < 1.29 is 28.4 Å². The lowest BCUT2D eigenvalue weighted by Gasteiger charge is -2.22. The van der Waals surface area contributed by atoms with Gasteiger partial charge in [-0.3, -0.25) is 9.36 Å². The summed E-state index contributed by atoms with van der Waals surface area (Å²) < 4.78 is 24.4. The molecule has 0 radical (unpaired) electrons. The molecule has 3 aromatic rings. The Morgan fingerprint density at radius 3 is 2.83 bits per heavy atom. The molecule has 4 rings (SSSR count). The van der Waals surface area contributed by atoms with E-state index in [1.165, 1.54) is 16.8 Å². The number of esters is 1. The minimum Gasteiger partial charge on any atom is -0.462 e. The van der Waals surface area contributed by atoms with E-state index in [-0.39, 0.29) is 31.5 Å². The average molecular weight is 516 g/mol. The van der Waals surface area contributed by atoms with E-state index >= 15 is 0 Å². The van der Waals surface area contributed by atoms with Crippen LogP contribution in [0, 0.1) is 0 Å². The first-order chi connectivity index (χ1) is 17.3. The van der Waals surface area contributed by atoms with Crippen LogP contribution in [0.3, 0.4) is 0 Å². The summed E-state index contributed by atoms with van der Waals surface area (Å²) in [6.45, 7) is 3.36. The number of benzene rings is 2. The minimum atomic E-state index is -1.82. The summed E-state index contributed by atoms with van der Waals surface area (Å²) in [6, 6.07) is 14.9. The van der Waals surface area contributed by atoms with Crippen molar-refractivity contribution in [3.8, 4) is 5.75 Å². The first kappa shape index (κ1) is 26.0. The summed E-state index contributed by atoms with van der Waals surface area (Å²) in [5, 5.41) is 15.4. The maximum absolute atomic E-state index is 12.2. The van der Waals surface area contributed by atoms with E-state index in [2.05, 4.69) is 10.1 Å². The summed E-state index contributed by atoms with van der Waals surface area (Å²) >= 11 is 0. The molecule has 12 heteroatoms. The monoisotopic (exact) mass is 516 g/mol. The Kier molecular flexibility index (Phi) is 8.50. The Morgan fingerprint density at radius 1 is 1.28 bits per heavy atom. The SMILES string of the molecule is CC(C)OC(=O)CNP(OCC1OC(n2ccc(N)nc2=O)CC1O)Oc1cccc2ccccc12. The minimum absolute atomic E-state index is 0.0441. The summed E-state index contributed by atoms with van der Waals surface area (Å²) in [4.78, 5) is 27.9. The number of aliphatic hydroxyl groups excluding tert-OH is 1. The van der Waals surface area contributed by atoms with Crippen molar-refractivity contribution in [1.82, 2.24) is 14.6 Å². The number of hydrogen-bond acceptors (Lipinski definition) is 10. The van der Waals surface area contributed by atoms with Gasteiger partial charge in [0, 0.05) is 18.0 Å². The van der Waals surface area contributed by atoms with Crippen molar-refractivity contribution in [1.29, 1.82) is 0 Å². The van der Waals surface area contributed by atoms with Crippen LogP contribution in [0.4, 0.5) is 5.82 Å². The quantitative estimate of drug-likeness (QED) is 0.271. The molecule has 1 aromatic heterocycles. The third-order valence-electron chi connectivity index (χ3n) is 5.37. The number of aromatic nitrogens is 2. The number of anilines is 1. The predicted molar refractivity (Wildman–Crippen MR) is 134 cm³/mol. The van der Waals surface area contributed by atoms with Crippen LogP contribution in [0.1, 0.15) is 26.5 Å². The van der Waals surface area contributed by atoms with Gasteiger partial charge in [0.15, 0.2) is 0 Å². The van der Waals surface area contributed by atoms with Crippen molar-refractivity contribution in [3.63, 3.8) is 0 Å². The van der Waals surface area contributed by atoms with Gasteiger partial charge in [-0.05, 0) is 31.4 Å². The van der Waals surface area contributed by atoms with Gasteiger partial charge in [0.1, 0.15) is 30.4 Å². The van der Waals surface area contributed by atoms with Gasteiger partial charge in [0.25, 0.3) is 0 Å². The van der Waals surface area contributed by atoms with Crippen molar-refractivity contribution >= 4 is 31.1 Å². The van der Waals surface area contributed by atoms with Gasteiger partial charge < -0.3 is 29.4 Å². The third-order valence-corrected chi connectivity index (χ3v) is 6.53. The van der Waals surface area contributed by atoms with Crippen molar-refractivity contribution in [2.45, 2.75) is 44.8 Å². The van der Waals surface area contributed by atoms with Crippen LogP contribution in [-0.2, 0) is 18.8 Å². The lowest BCUT2D eigenvalue weighted by molar-refractivity contribution is -0.145. The molecule has 192 valence electrons. The Labute approximate surface area is 209 Å². The van der Waals surface area contributed by atoms with Crippen LogP contribution in [0.2, 0.25) is 0 Å². The van der Waals surface area contributed by atoms with Gasteiger partial charge in [-0.15, -0.1) is 0 Å². The number of fused-ring (bicyclic) bond motifs is 1. The standard InChI is InChI=1S/C24H29N4O7P/c1-15(2)33-23(30)13-26-36(35-19-9-5-7-16-6-3-4-8-17(16)19)32-14-20-18(29)12-22(34-20)28-11-10-21(25)27-24(28)31/h3-11,15,18,20,22,26,29H,12-14H2,1-2H3,(H2,25,27,31). The fourth-order valence-electron chi connectivity index (χ4n) is 3.72. The Morgan fingerprint density at radius 2 is 2.06 bits per heavy atom. The third kappa shape index (κ3) is 6.57. The Bertz CT molecular complexity index is 1250. The molecule has 11 nitrogen and oxygen atoms in total. The molecular formula is C24H29N4O7P. The molecule has 0 spiro atoms. The van der Waals surface area contributed by atoms with E-state index in [0.717, 1.165) is 10.8 Å². The molecule has 2 aromatic carbocycles. The van der Waals surface area contributed by atoms with E-state index in [9.17, 15) is 14.7 Å². The zero-order valence-corrected chi connectivity index (χ0v) is 20.8. The molecule has 4 N–H and O–H groups in total. The van der Waals surface area contributed by atoms with Gasteiger partial charge in [-0.25, -0.2) is 9.88 Å².